The molecule has 0 radical (unpaired) electrons. The average Bonchev–Trinajstić information content (AvgIpc) is 2.69. The Kier molecular flexibility index (Phi) is 3.19. The van der Waals surface area contributed by atoms with Gasteiger partial charge in [0.2, 0.25) is 0 Å². The first kappa shape index (κ1) is 16.6. The lowest BCUT2D eigenvalue weighted by molar-refractivity contribution is -0.379. The van der Waals surface area contributed by atoms with Gasteiger partial charge in [-0.05, 0) is 137 Å². The maximum absolute atomic E-state index is 7.26. The van der Waals surface area contributed by atoms with Crippen molar-refractivity contribution in [3.05, 3.63) is 0 Å². The summed E-state index contributed by atoms with van der Waals surface area (Å²) < 4.78 is 14.5. The fourth-order valence-electron chi connectivity index (χ4n) is 11.2. The first-order chi connectivity index (χ1) is 13.7. The van der Waals surface area contributed by atoms with Gasteiger partial charge in [0.1, 0.15) is 0 Å². The van der Waals surface area contributed by atoms with Crippen LogP contribution in [0.1, 0.15) is 89.9 Å². The van der Waals surface area contributed by atoms with Crippen molar-refractivity contribution < 1.29 is 9.47 Å². The predicted molar refractivity (Wildman–Crippen MR) is 107 cm³/mol. The molecule has 0 aromatic carbocycles. The molecule has 0 unspecified atom stereocenters. The zero-order valence-electron chi connectivity index (χ0n) is 17.5. The van der Waals surface area contributed by atoms with Crippen LogP contribution in [0, 0.1) is 53.3 Å². The van der Waals surface area contributed by atoms with Crippen molar-refractivity contribution in [3.63, 3.8) is 0 Å². The van der Waals surface area contributed by atoms with Gasteiger partial charge in [-0.2, -0.15) is 0 Å². The van der Waals surface area contributed by atoms with E-state index in [1.807, 2.05) is 0 Å². The highest BCUT2D eigenvalue weighted by Gasteiger charge is 2.64. The summed E-state index contributed by atoms with van der Waals surface area (Å²) in [4.78, 5) is 0. The summed E-state index contributed by atoms with van der Waals surface area (Å²) in [6, 6.07) is 0. The molecule has 2 nitrogen and oxygen atoms in total. The van der Waals surface area contributed by atoms with Gasteiger partial charge in [0.15, 0.2) is 6.29 Å². The Morgan fingerprint density at radius 2 is 0.821 bits per heavy atom. The number of fused-ring (bicyclic) bond motifs is 1. The minimum Gasteiger partial charge on any atom is -0.345 e. The van der Waals surface area contributed by atoms with Crippen LogP contribution in [0.2, 0.25) is 0 Å². The summed E-state index contributed by atoms with van der Waals surface area (Å²) in [5, 5.41) is 0. The van der Waals surface area contributed by atoms with Crippen molar-refractivity contribution in [2.45, 2.75) is 107 Å². The Morgan fingerprint density at radius 1 is 0.464 bits per heavy atom. The summed E-state index contributed by atoms with van der Waals surface area (Å²) in [7, 11) is 0. The van der Waals surface area contributed by atoms with Gasteiger partial charge in [-0.15, -0.1) is 0 Å². The lowest BCUT2D eigenvalue weighted by atomic mass is 9.47. The van der Waals surface area contributed by atoms with E-state index in [0.29, 0.717) is 5.92 Å². The van der Waals surface area contributed by atoms with Crippen LogP contribution >= 0.6 is 0 Å². The first-order valence-electron chi connectivity index (χ1n) is 13.1. The Hall–Kier alpha value is -0.0800. The molecule has 2 heteroatoms. The largest absolute Gasteiger partial charge is 0.345 e. The van der Waals surface area contributed by atoms with Crippen molar-refractivity contribution in [3.8, 4) is 0 Å². The summed E-state index contributed by atoms with van der Waals surface area (Å²) in [6.07, 6.45) is 20.5. The number of hydrogen-bond donors (Lipinski definition) is 0. The molecule has 0 aromatic heterocycles. The average molecular weight is 383 g/mol. The van der Waals surface area contributed by atoms with Crippen molar-refractivity contribution >= 4 is 0 Å². The number of rotatable bonds is 0. The monoisotopic (exact) mass is 382 g/mol. The van der Waals surface area contributed by atoms with Gasteiger partial charge in [-0.3, -0.25) is 0 Å². The topological polar surface area (TPSA) is 18.5 Å². The molecule has 10 rings (SSSR count). The van der Waals surface area contributed by atoms with Crippen LogP contribution in [0.25, 0.3) is 0 Å². The van der Waals surface area contributed by atoms with E-state index in [-0.39, 0.29) is 17.5 Å². The Morgan fingerprint density at radius 3 is 1.18 bits per heavy atom. The van der Waals surface area contributed by atoms with Gasteiger partial charge in [-0.25, -0.2) is 0 Å². The lowest BCUT2D eigenvalue weighted by Crippen LogP contribution is -2.67. The van der Waals surface area contributed by atoms with E-state index in [0.717, 1.165) is 47.3 Å². The second-order valence-electron chi connectivity index (χ2n) is 13.0. The Labute approximate surface area is 170 Å². The van der Waals surface area contributed by atoms with E-state index in [4.69, 9.17) is 9.47 Å². The highest BCUT2D eigenvalue weighted by molar-refractivity contribution is 5.12. The molecule has 0 amide bonds. The summed E-state index contributed by atoms with van der Waals surface area (Å²) >= 11 is 0. The number of ether oxygens (including phenoxy) is 2. The van der Waals surface area contributed by atoms with Crippen molar-refractivity contribution in [1.82, 2.24) is 0 Å². The van der Waals surface area contributed by atoms with E-state index in [1.54, 1.807) is 12.8 Å². The highest BCUT2D eigenvalue weighted by atomic mass is 16.7. The quantitative estimate of drug-likeness (QED) is 0.516. The van der Waals surface area contributed by atoms with Crippen molar-refractivity contribution in [2.24, 2.45) is 53.3 Å². The van der Waals surface area contributed by atoms with E-state index >= 15 is 0 Å². The molecule has 2 aliphatic heterocycles. The van der Waals surface area contributed by atoms with Gasteiger partial charge in [0.25, 0.3) is 0 Å². The Bertz CT molecular complexity index is 570. The van der Waals surface area contributed by atoms with Crippen LogP contribution in [0.5, 0.6) is 0 Å². The minimum atomic E-state index is 0.151. The second kappa shape index (κ2) is 5.39. The molecule has 10 aliphatic rings. The van der Waals surface area contributed by atoms with E-state index < -0.39 is 0 Å². The fraction of sp³-hybridized carbons (Fsp3) is 1.00. The van der Waals surface area contributed by atoms with Gasteiger partial charge in [0, 0.05) is 5.92 Å². The third-order valence-corrected chi connectivity index (χ3v) is 11.9. The summed E-state index contributed by atoms with van der Waals surface area (Å²) in [5.41, 5.74) is 0.443. The van der Waals surface area contributed by atoms with Gasteiger partial charge in [0.05, 0.1) is 11.2 Å². The zero-order chi connectivity index (χ0) is 18.1. The molecule has 8 bridgehead atoms. The standard InChI is InChI=1S/C26H38O2/c1-3-25(20-7-15-5-16(9-20)10-21(25)8-15)27-24-19(1)2-4-26(28-24)22-11-17-6-18(13-22)14-23(26)12-17/h15-24H,1-14H2. The molecular weight excluding hydrogens is 344 g/mol. The molecule has 2 saturated heterocycles. The van der Waals surface area contributed by atoms with E-state index in [2.05, 4.69) is 0 Å². The predicted octanol–water partition coefficient (Wildman–Crippen LogP) is 5.94. The van der Waals surface area contributed by atoms with Crippen LogP contribution in [0.15, 0.2) is 0 Å². The molecule has 2 spiro atoms. The zero-order valence-corrected chi connectivity index (χ0v) is 17.5. The van der Waals surface area contributed by atoms with E-state index in [9.17, 15) is 0 Å². The normalized spacial score (nSPS) is 66.0. The molecule has 8 aliphatic carbocycles. The highest BCUT2D eigenvalue weighted by Crippen LogP contribution is 2.66. The summed E-state index contributed by atoms with van der Waals surface area (Å²) in [6.45, 7) is 0. The lowest BCUT2D eigenvalue weighted by Gasteiger charge is -2.67. The maximum Gasteiger partial charge on any atom is 0.161 e. The van der Waals surface area contributed by atoms with Crippen LogP contribution in [0.4, 0.5) is 0 Å². The number of hydrogen-bond acceptors (Lipinski definition) is 2. The molecule has 0 aromatic rings. The SMILES string of the molecule is C1C2CC3CC1CC(C2)C31CCC2CCC3(OC2O1)C1CC2CC(C1)CC3C2. The first-order valence-corrected chi connectivity index (χ1v) is 13.1. The molecular formula is C26H38O2. The fourth-order valence-corrected chi connectivity index (χ4v) is 11.2. The minimum absolute atomic E-state index is 0.151. The van der Waals surface area contributed by atoms with Crippen LogP contribution in [0.3, 0.4) is 0 Å². The molecule has 10 fully saturated rings. The van der Waals surface area contributed by atoms with Gasteiger partial charge >= 0.3 is 0 Å². The molecule has 0 N–H and O–H groups in total. The van der Waals surface area contributed by atoms with Gasteiger partial charge < -0.3 is 9.47 Å². The third kappa shape index (κ3) is 1.99. The van der Waals surface area contributed by atoms with Crippen LogP contribution in [-0.2, 0) is 9.47 Å². The van der Waals surface area contributed by atoms with E-state index in [1.165, 1.54) is 77.0 Å². The third-order valence-electron chi connectivity index (χ3n) is 11.9. The molecule has 8 saturated carbocycles. The maximum atomic E-state index is 7.26. The molecule has 2 heterocycles. The van der Waals surface area contributed by atoms with Crippen LogP contribution in [-0.4, -0.2) is 17.5 Å². The molecule has 154 valence electrons. The van der Waals surface area contributed by atoms with Crippen LogP contribution < -0.4 is 0 Å². The Balaban J connectivity index is 1.10. The second-order valence-corrected chi connectivity index (χ2v) is 13.0. The molecule has 0 atom stereocenters. The van der Waals surface area contributed by atoms with Crippen molar-refractivity contribution in [1.29, 1.82) is 0 Å². The molecule has 28 heavy (non-hydrogen) atoms. The van der Waals surface area contributed by atoms with Crippen molar-refractivity contribution in [2.75, 3.05) is 0 Å². The smallest absolute Gasteiger partial charge is 0.161 e. The van der Waals surface area contributed by atoms with Gasteiger partial charge in [-0.1, -0.05) is 0 Å². The summed E-state index contributed by atoms with van der Waals surface area (Å²) in [5.74, 6) is 8.32.